The summed E-state index contributed by atoms with van der Waals surface area (Å²) in [5, 5.41) is 12.0. The number of benzene rings is 2. The quantitative estimate of drug-likeness (QED) is 0.717. The van der Waals surface area contributed by atoms with E-state index in [9.17, 15) is 0 Å². The van der Waals surface area contributed by atoms with Gasteiger partial charge in [0.15, 0.2) is 0 Å². The lowest BCUT2D eigenvalue weighted by Crippen LogP contribution is -2.11. The van der Waals surface area contributed by atoms with Gasteiger partial charge >= 0.3 is 0 Å². The summed E-state index contributed by atoms with van der Waals surface area (Å²) >= 11 is 0. The van der Waals surface area contributed by atoms with E-state index in [0.717, 1.165) is 28.1 Å². The first-order valence-electron chi connectivity index (χ1n) is 8.23. The fourth-order valence-electron chi connectivity index (χ4n) is 2.60. The van der Waals surface area contributed by atoms with Crippen LogP contribution in [0.5, 0.6) is 5.75 Å². The summed E-state index contributed by atoms with van der Waals surface area (Å²) in [6.07, 6.45) is 0. The van der Waals surface area contributed by atoms with Gasteiger partial charge in [0.1, 0.15) is 11.6 Å². The fourth-order valence-corrected chi connectivity index (χ4v) is 2.60. The van der Waals surface area contributed by atoms with E-state index in [-0.39, 0.29) is 6.04 Å². The van der Waals surface area contributed by atoms with Gasteiger partial charge in [-0.2, -0.15) is 0 Å². The van der Waals surface area contributed by atoms with Crippen molar-refractivity contribution in [2.24, 2.45) is 5.73 Å². The third-order valence-corrected chi connectivity index (χ3v) is 3.99. The lowest BCUT2D eigenvalue weighted by molar-refractivity contribution is 0.414. The summed E-state index contributed by atoms with van der Waals surface area (Å²) in [7, 11) is 1.66. The summed E-state index contributed by atoms with van der Waals surface area (Å²) in [5.41, 5.74) is 10.1. The number of anilines is 1. The molecule has 0 aliphatic carbocycles. The topological polar surface area (TPSA) is 73.1 Å². The van der Waals surface area contributed by atoms with Gasteiger partial charge in [-0.05, 0) is 30.7 Å². The monoisotopic (exact) mass is 334 g/mol. The molecule has 3 aromatic rings. The van der Waals surface area contributed by atoms with Crippen LogP contribution in [0.3, 0.4) is 0 Å². The molecule has 0 spiro atoms. The van der Waals surface area contributed by atoms with Crippen LogP contribution in [0.1, 0.15) is 24.1 Å². The van der Waals surface area contributed by atoms with Crippen LogP contribution in [0.4, 0.5) is 5.82 Å². The predicted octanol–water partition coefficient (Wildman–Crippen LogP) is 3.78. The number of nitrogens with zero attached hydrogens (tertiary/aromatic N) is 2. The Morgan fingerprint density at radius 1 is 1.04 bits per heavy atom. The van der Waals surface area contributed by atoms with Gasteiger partial charge in [-0.1, -0.05) is 42.5 Å². The molecule has 1 heterocycles. The highest BCUT2D eigenvalue weighted by atomic mass is 16.5. The standard InChI is InChI=1S/C20H22N4O/c1-14(21)18-12-19(22-13-15-8-10-17(25-2)11-9-15)23-24-20(18)16-6-4-3-5-7-16/h3-12,14H,13,21H2,1-2H3,(H,22,23). The van der Waals surface area contributed by atoms with Crippen molar-refractivity contribution >= 4 is 5.82 Å². The fraction of sp³-hybridized carbons (Fsp3) is 0.200. The SMILES string of the molecule is COc1ccc(CNc2cc(C(C)N)c(-c3ccccc3)nn2)cc1. The number of nitrogens with one attached hydrogen (secondary N) is 1. The van der Waals surface area contributed by atoms with E-state index in [1.54, 1.807) is 7.11 Å². The van der Waals surface area contributed by atoms with Crippen LogP contribution < -0.4 is 15.8 Å². The van der Waals surface area contributed by atoms with Crippen LogP contribution >= 0.6 is 0 Å². The molecule has 3 rings (SSSR count). The van der Waals surface area contributed by atoms with Gasteiger partial charge < -0.3 is 15.8 Å². The number of aromatic nitrogens is 2. The summed E-state index contributed by atoms with van der Waals surface area (Å²) < 4.78 is 5.17. The van der Waals surface area contributed by atoms with E-state index in [0.29, 0.717) is 12.4 Å². The Labute approximate surface area is 147 Å². The largest absolute Gasteiger partial charge is 0.497 e. The van der Waals surface area contributed by atoms with Crippen molar-refractivity contribution in [1.82, 2.24) is 10.2 Å². The normalized spacial score (nSPS) is 11.8. The van der Waals surface area contributed by atoms with Crippen LogP contribution in [0, 0.1) is 0 Å². The number of rotatable bonds is 6. The molecule has 1 unspecified atom stereocenters. The molecule has 5 nitrogen and oxygen atoms in total. The van der Waals surface area contributed by atoms with E-state index in [2.05, 4.69) is 15.5 Å². The highest BCUT2D eigenvalue weighted by Crippen LogP contribution is 2.26. The second kappa shape index (κ2) is 7.77. The zero-order valence-corrected chi connectivity index (χ0v) is 14.4. The zero-order valence-electron chi connectivity index (χ0n) is 14.4. The van der Waals surface area contributed by atoms with Crippen LogP contribution in [-0.4, -0.2) is 17.3 Å². The number of hydrogen-bond acceptors (Lipinski definition) is 5. The zero-order chi connectivity index (χ0) is 17.6. The molecule has 0 aliphatic heterocycles. The summed E-state index contributed by atoms with van der Waals surface area (Å²) in [5.74, 6) is 1.55. The third kappa shape index (κ3) is 4.14. The number of hydrogen-bond donors (Lipinski definition) is 2. The van der Waals surface area contributed by atoms with Gasteiger partial charge in [0, 0.05) is 23.7 Å². The molecule has 0 saturated heterocycles. The lowest BCUT2D eigenvalue weighted by atomic mass is 10.0. The highest BCUT2D eigenvalue weighted by Gasteiger charge is 2.12. The molecule has 1 atom stereocenters. The first kappa shape index (κ1) is 16.9. The number of methoxy groups -OCH3 is 1. The van der Waals surface area contributed by atoms with Crippen LogP contribution in [0.15, 0.2) is 60.7 Å². The molecular weight excluding hydrogens is 312 g/mol. The Bertz CT molecular complexity index is 817. The minimum Gasteiger partial charge on any atom is -0.497 e. The van der Waals surface area contributed by atoms with Gasteiger partial charge in [0.25, 0.3) is 0 Å². The van der Waals surface area contributed by atoms with E-state index in [1.165, 1.54) is 0 Å². The van der Waals surface area contributed by atoms with E-state index in [1.807, 2.05) is 67.6 Å². The molecule has 0 bridgehead atoms. The van der Waals surface area contributed by atoms with Gasteiger partial charge in [-0.25, -0.2) is 0 Å². The van der Waals surface area contributed by atoms with Gasteiger partial charge in [-0.3, -0.25) is 0 Å². The molecule has 0 radical (unpaired) electrons. The van der Waals surface area contributed by atoms with Gasteiger partial charge in [-0.15, -0.1) is 10.2 Å². The van der Waals surface area contributed by atoms with Crippen LogP contribution in [0.2, 0.25) is 0 Å². The van der Waals surface area contributed by atoms with Crippen LogP contribution in [-0.2, 0) is 6.54 Å². The first-order valence-corrected chi connectivity index (χ1v) is 8.23. The average molecular weight is 334 g/mol. The summed E-state index contributed by atoms with van der Waals surface area (Å²) in [6.45, 7) is 2.61. The molecule has 0 saturated carbocycles. The van der Waals surface area contributed by atoms with Crippen molar-refractivity contribution in [2.45, 2.75) is 19.5 Å². The van der Waals surface area contributed by atoms with Crippen molar-refractivity contribution in [3.8, 4) is 17.0 Å². The van der Waals surface area contributed by atoms with E-state index >= 15 is 0 Å². The molecule has 3 N–H and O–H groups in total. The Kier molecular flexibility index (Phi) is 5.26. The molecule has 2 aromatic carbocycles. The first-order chi connectivity index (χ1) is 12.2. The Hall–Kier alpha value is -2.92. The average Bonchev–Trinajstić information content (AvgIpc) is 2.67. The molecular formula is C20H22N4O. The van der Waals surface area contributed by atoms with Crippen molar-refractivity contribution in [1.29, 1.82) is 0 Å². The molecule has 0 amide bonds. The van der Waals surface area contributed by atoms with Crippen molar-refractivity contribution in [2.75, 3.05) is 12.4 Å². The van der Waals surface area contributed by atoms with Crippen LogP contribution in [0.25, 0.3) is 11.3 Å². The molecule has 1 aromatic heterocycles. The maximum Gasteiger partial charge on any atom is 0.149 e. The molecule has 0 fully saturated rings. The smallest absolute Gasteiger partial charge is 0.149 e. The minimum atomic E-state index is -0.132. The van der Waals surface area contributed by atoms with E-state index in [4.69, 9.17) is 10.5 Å². The van der Waals surface area contributed by atoms with E-state index < -0.39 is 0 Å². The van der Waals surface area contributed by atoms with Gasteiger partial charge in [0.2, 0.25) is 0 Å². The lowest BCUT2D eigenvalue weighted by Gasteiger charge is -2.14. The second-order valence-electron chi connectivity index (χ2n) is 5.89. The Balaban J connectivity index is 1.79. The molecule has 128 valence electrons. The summed E-state index contributed by atoms with van der Waals surface area (Å²) in [4.78, 5) is 0. The van der Waals surface area contributed by atoms with Crippen molar-refractivity contribution in [3.05, 3.63) is 71.8 Å². The van der Waals surface area contributed by atoms with Gasteiger partial charge in [0.05, 0.1) is 12.8 Å². The third-order valence-electron chi connectivity index (χ3n) is 3.99. The number of nitrogens with two attached hydrogens (primary N) is 1. The highest BCUT2D eigenvalue weighted by molar-refractivity contribution is 5.64. The predicted molar refractivity (Wildman–Crippen MR) is 100 cm³/mol. The van der Waals surface area contributed by atoms with Crippen molar-refractivity contribution in [3.63, 3.8) is 0 Å². The minimum absolute atomic E-state index is 0.132. The molecule has 0 aliphatic rings. The second-order valence-corrected chi connectivity index (χ2v) is 5.89. The van der Waals surface area contributed by atoms with Crippen molar-refractivity contribution < 1.29 is 4.74 Å². The summed E-state index contributed by atoms with van der Waals surface area (Å²) in [6, 6.07) is 19.7. The molecule has 25 heavy (non-hydrogen) atoms. The number of ether oxygens (including phenoxy) is 1. The Morgan fingerprint density at radius 2 is 1.76 bits per heavy atom. The Morgan fingerprint density at radius 3 is 2.40 bits per heavy atom. The maximum atomic E-state index is 6.15. The molecule has 5 heteroatoms. The maximum absolute atomic E-state index is 6.15.